The van der Waals surface area contributed by atoms with Crippen LogP contribution in [0.25, 0.3) is 0 Å². The Morgan fingerprint density at radius 3 is 2.53 bits per heavy atom. The Bertz CT molecular complexity index is 483. The Labute approximate surface area is 113 Å². The molecule has 1 atom stereocenters. The van der Waals surface area contributed by atoms with Crippen LogP contribution in [0.3, 0.4) is 0 Å². The molecule has 0 saturated heterocycles. The molecule has 0 aliphatic carbocycles. The lowest BCUT2D eigenvalue weighted by molar-refractivity contribution is -0.121. The minimum atomic E-state index is -0.629. The molecule has 1 aromatic carbocycles. The summed E-state index contributed by atoms with van der Waals surface area (Å²) < 4.78 is 0. The summed E-state index contributed by atoms with van der Waals surface area (Å²) in [6.45, 7) is 5.70. The molecule has 0 saturated carbocycles. The second kappa shape index (κ2) is 6.22. The highest BCUT2D eigenvalue weighted by atomic mass is 16.4. The fourth-order valence-corrected chi connectivity index (χ4v) is 1.99. The topological polar surface area (TPSA) is 78.9 Å². The van der Waals surface area contributed by atoms with Crippen molar-refractivity contribution in [2.24, 2.45) is 22.7 Å². The lowest BCUT2D eigenvalue weighted by atomic mass is 9.93. The first-order chi connectivity index (χ1) is 8.88. The van der Waals surface area contributed by atoms with Crippen molar-refractivity contribution in [3.8, 4) is 0 Å². The van der Waals surface area contributed by atoms with Gasteiger partial charge in [0.1, 0.15) is 5.92 Å². The predicted molar refractivity (Wildman–Crippen MR) is 76.3 cm³/mol. The first kappa shape index (κ1) is 15.0. The summed E-state index contributed by atoms with van der Waals surface area (Å²) in [6, 6.07) is 7.63. The first-order valence-corrected chi connectivity index (χ1v) is 6.20. The van der Waals surface area contributed by atoms with Crippen molar-refractivity contribution in [2.45, 2.75) is 20.8 Å². The van der Waals surface area contributed by atoms with Crippen LogP contribution in [0, 0.1) is 18.8 Å². The number of amides is 1. The maximum Gasteiger partial charge on any atom is 0.237 e. The molecule has 5 heteroatoms. The normalized spacial score (nSPS) is 13.4. The van der Waals surface area contributed by atoms with Gasteiger partial charge in [0, 0.05) is 12.7 Å². The average molecular weight is 263 g/mol. The van der Waals surface area contributed by atoms with Crippen LogP contribution in [0.2, 0.25) is 0 Å². The molecule has 0 aliphatic rings. The number of hydrogen-bond acceptors (Lipinski definition) is 3. The summed E-state index contributed by atoms with van der Waals surface area (Å²) in [4.78, 5) is 14.0. The van der Waals surface area contributed by atoms with E-state index < -0.39 is 5.92 Å². The average Bonchev–Trinajstić information content (AvgIpc) is 2.37. The highest BCUT2D eigenvalue weighted by Gasteiger charge is 2.29. The van der Waals surface area contributed by atoms with Crippen LogP contribution >= 0.6 is 0 Å². The summed E-state index contributed by atoms with van der Waals surface area (Å²) in [5, 5.41) is 11.8. The van der Waals surface area contributed by atoms with Crippen LogP contribution < -0.4 is 10.6 Å². The highest BCUT2D eigenvalue weighted by Crippen LogP contribution is 2.20. The zero-order valence-corrected chi connectivity index (χ0v) is 11.8. The lowest BCUT2D eigenvalue weighted by Crippen LogP contribution is -2.42. The Hall–Kier alpha value is -2.04. The number of aryl methyl sites for hydroxylation is 1. The molecule has 1 unspecified atom stereocenters. The summed E-state index contributed by atoms with van der Waals surface area (Å²) in [5.41, 5.74) is 7.48. The van der Waals surface area contributed by atoms with E-state index in [4.69, 9.17) is 10.9 Å². The van der Waals surface area contributed by atoms with Crippen LogP contribution in [0.4, 0.5) is 5.69 Å². The number of hydrogen-bond donors (Lipinski definition) is 2. The van der Waals surface area contributed by atoms with Crippen LogP contribution in [0.15, 0.2) is 29.4 Å². The van der Waals surface area contributed by atoms with E-state index in [9.17, 15) is 4.79 Å². The minimum absolute atomic E-state index is 0.0457. The fraction of sp³-hybridized carbons (Fsp3) is 0.429. The third kappa shape index (κ3) is 3.47. The number of anilines is 1. The fourth-order valence-electron chi connectivity index (χ4n) is 1.99. The lowest BCUT2D eigenvalue weighted by Gasteiger charge is -2.25. The van der Waals surface area contributed by atoms with Gasteiger partial charge < -0.3 is 15.8 Å². The predicted octanol–water partition coefficient (Wildman–Crippen LogP) is 1.98. The number of carbonyl (C=O) groups is 1. The second-order valence-corrected chi connectivity index (χ2v) is 4.98. The van der Waals surface area contributed by atoms with Crippen molar-refractivity contribution >= 4 is 17.4 Å². The Morgan fingerprint density at radius 2 is 2.05 bits per heavy atom. The van der Waals surface area contributed by atoms with Gasteiger partial charge >= 0.3 is 0 Å². The van der Waals surface area contributed by atoms with E-state index in [2.05, 4.69) is 5.16 Å². The minimum Gasteiger partial charge on any atom is -0.409 e. The molecule has 1 amide bonds. The van der Waals surface area contributed by atoms with E-state index in [1.54, 1.807) is 7.05 Å². The maximum absolute atomic E-state index is 12.5. The number of nitrogens with zero attached hydrogens (tertiary/aromatic N) is 2. The van der Waals surface area contributed by atoms with E-state index in [0.29, 0.717) is 0 Å². The molecular formula is C14H21N3O2. The monoisotopic (exact) mass is 263 g/mol. The van der Waals surface area contributed by atoms with E-state index in [-0.39, 0.29) is 17.7 Å². The van der Waals surface area contributed by atoms with E-state index in [1.807, 2.05) is 45.0 Å². The highest BCUT2D eigenvalue weighted by molar-refractivity contribution is 6.08. The number of oxime groups is 1. The van der Waals surface area contributed by atoms with Gasteiger partial charge in [-0.1, -0.05) is 31.1 Å². The van der Waals surface area contributed by atoms with Gasteiger partial charge in [0.2, 0.25) is 5.91 Å². The summed E-state index contributed by atoms with van der Waals surface area (Å²) in [6.07, 6.45) is 0. The molecule has 0 radical (unpaired) electrons. The van der Waals surface area contributed by atoms with Gasteiger partial charge in [0.15, 0.2) is 5.84 Å². The largest absolute Gasteiger partial charge is 0.409 e. The molecule has 0 fully saturated rings. The molecule has 0 bridgehead atoms. The maximum atomic E-state index is 12.5. The first-order valence-electron chi connectivity index (χ1n) is 6.20. The van der Waals surface area contributed by atoms with Gasteiger partial charge in [0.25, 0.3) is 0 Å². The standard InChI is InChI=1S/C14H21N3O2/c1-9(2)12(13(15)16-19)14(18)17(4)11-7-5-6-10(3)8-11/h5-9,12,19H,1-4H3,(H2,15,16). The van der Waals surface area contributed by atoms with Gasteiger partial charge in [-0.05, 0) is 30.5 Å². The Kier molecular flexibility index (Phi) is 4.92. The third-order valence-electron chi connectivity index (χ3n) is 3.09. The van der Waals surface area contributed by atoms with Crippen molar-refractivity contribution in [1.29, 1.82) is 0 Å². The summed E-state index contributed by atoms with van der Waals surface area (Å²) in [5.74, 6) is -0.915. The van der Waals surface area contributed by atoms with Crippen molar-refractivity contribution < 1.29 is 10.0 Å². The van der Waals surface area contributed by atoms with Gasteiger partial charge in [-0.2, -0.15) is 0 Å². The van der Waals surface area contributed by atoms with Gasteiger partial charge in [-0.3, -0.25) is 4.79 Å². The van der Waals surface area contributed by atoms with Crippen LogP contribution in [0.1, 0.15) is 19.4 Å². The number of carbonyl (C=O) groups excluding carboxylic acids is 1. The number of nitrogens with two attached hydrogens (primary N) is 1. The smallest absolute Gasteiger partial charge is 0.237 e. The SMILES string of the molecule is Cc1cccc(N(C)C(=O)C(C(N)=NO)C(C)C)c1. The number of amidine groups is 1. The molecule has 1 rings (SSSR count). The van der Waals surface area contributed by atoms with E-state index >= 15 is 0 Å². The number of rotatable bonds is 4. The zero-order chi connectivity index (χ0) is 14.6. The molecule has 5 nitrogen and oxygen atoms in total. The molecular weight excluding hydrogens is 242 g/mol. The zero-order valence-electron chi connectivity index (χ0n) is 11.8. The molecule has 19 heavy (non-hydrogen) atoms. The Balaban J connectivity index is 3.04. The number of benzene rings is 1. The van der Waals surface area contributed by atoms with Crippen molar-refractivity contribution in [1.82, 2.24) is 0 Å². The second-order valence-electron chi connectivity index (χ2n) is 4.98. The molecule has 0 spiro atoms. The van der Waals surface area contributed by atoms with Crippen molar-refractivity contribution in [3.63, 3.8) is 0 Å². The van der Waals surface area contributed by atoms with Gasteiger partial charge in [-0.25, -0.2) is 0 Å². The third-order valence-corrected chi connectivity index (χ3v) is 3.09. The quantitative estimate of drug-likeness (QED) is 0.377. The van der Waals surface area contributed by atoms with Crippen LogP contribution in [-0.2, 0) is 4.79 Å². The molecule has 0 aromatic heterocycles. The summed E-state index contributed by atoms with van der Waals surface area (Å²) in [7, 11) is 1.69. The van der Waals surface area contributed by atoms with Crippen LogP contribution in [-0.4, -0.2) is 24.0 Å². The van der Waals surface area contributed by atoms with Gasteiger partial charge in [-0.15, -0.1) is 0 Å². The molecule has 3 N–H and O–H groups in total. The summed E-state index contributed by atoms with van der Waals surface area (Å²) >= 11 is 0. The molecule has 0 heterocycles. The van der Waals surface area contributed by atoms with Crippen LogP contribution in [0.5, 0.6) is 0 Å². The molecule has 104 valence electrons. The van der Waals surface area contributed by atoms with Crippen molar-refractivity contribution in [2.75, 3.05) is 11.9 Å². The van der Waals surface area contributed by atoms with Gasteiger partial charge in [0.05, 0.1) is 0 Å². The molecule has 1 aromatic rings. The molecule has 0 aliphatic heterocycles. The van der Waals surface area contributed by atoms with E-state index in [1.165, 1.54) is 4.90 Å². The van der Waals surface area contributed by atoms with E-state index in [0.717, 1.165) is 11.3 Å². The Morgan fingerprint density at radius 1 is 1.42 bits per heavy atom. The van der Waals surface area contributed by atoms with Crippen molar-refractivity contribution in [3.05, 3.63) is 29.8 Å².